The lowest BCUT2D eigenvalue weighted by Gasteiger charge is -2.49. The van der Waals surface area contributed by atoms with Crippen molar-refractivity contribution < 1.29 is 67.7 Å². The second-order valence-electron chi connectivity index (χ2n) is 44.4. The SMILES string of the molecule is CC(C)[C@@]1(CC(C)(C)O)CCN([C@@H](C)c2ccc(-c3ccn(C4CC4)c(=O)c3)cc2)C(=O)O1.C[C@@H](c1ccc(-c2ccn(C3CC3)c(=O)c2)cc1)N1CCC(CC(C)(C)O)(C2CCOCC2)OC1=O.C[C@@H](c1ccc(-c2ccn(C3CC3)c(=O)c2)cc1)N1CC[C@@](CC2CC2)(CC(C)(C)O)OC1=O.C[C@@H](c1ccc(-c2ccn(C3CC3)c(=O)c2)cc1)N1CC[C@](CC(C)(C)O)(c2ccccc2F)OC1=O. The molecule has 8 atom stereocenters. The summed E-state index contributed by atoms with van der Waals surface area (Å²) in [5.74, 6) is 0.452. The lowest BCUT2D eigenvalue weighted by atomic mass is 9.73. The minimum Gasteiger partial charge on any atom is -0.443 e. The van der Waals surface area contributed by atoms with Crippen LogP contribution in [0.2, 0.25) is 0 Å². The third kappa shape index (κ3) is 24.5. The van der Waals surface area contributed by atoms with Gasteiger partial charge in [0.15, 0.2) is 0 Å². The summed E-state index contributed by atoms with van der Waals surface area (Å²) >= 11 is 0. The lowest BCUT2D eigenvalue weighted by Crippen LogP contribution is -2.57. The van der Waals surface area contributed by atoms with Crippen molar-refractivity contribution in [2.24, 2.45) is 17.8 Å². The summed E-state index contributed by atoms with van der Waals surface area (Å²) in [6, 6.07) is 53.8. The van der Waals surface area contributed by atoms with E-state index in [9.17, 15) is 63.2 Å². The van der Waals surface area contributed by atoms with E-state index >= 15 is 0 Å². The van der Waals surface area contributed by atoms with Crippen LogP contribution in [-0.4, -0.2) is 161 Å². The van der Waals surface area contributed by atoms with Crippen LogP contribution < -0.4 is 22.2 Å². The molecule has 140 heavy (non-hydrogen) atoms. The molecule has 1 unspecified atom stereocenters. The zero-order chi connectivity index (χ0) is 99.9. The topological polar surface area (TPSA) is 296 Å². The van der Waals surface area contributed by atoms with Crippen molar-refractivity contribution in [1.82, 2.24) is 37.9 Å². The number of nitrogens with zero attached hydrogens (tertiary/aromatic N) is 8. The van der Waals surface area contributed by atoms with Crippen LogP contribution in [0.5, 0.6) is 0 Å². The predicted octanol–water partition coefficient (Wildman–Crippen LogP) is 21.8. The van der Waals surface area contributed by atoms with E-state index in [0.29, 0.717) is 108 Å². The summed E-state index contributed by atoms with van der Waals surface area (Å²) in [6.45, 7) is 29.5. The number of amides is 4. The van der Waals surface area contributed by atoms with E-state index in [4.69, 9.17) is 23.7 Å². The molecule has 10 fully saturated rings. The minimum atomic E-state index is -1.25. The number of pyridine rings is 4. The number of halogens is 1. The molecule has 26 heteroatoms. The molecule has 5 aliphatic heterocycles. The highest BCUT2D eigenvalue weighted by Crippen LogP contribution is 2.50. The molecule has 0 bridgehead atoms. The lowest BCUT2D eigenvalue weighted by molar-refractivity contribution is -0.143. The number of rotatable bonds is 29. The van der Waals surface area contributed by atoms with Crippen LogP contribution in [0, 0.1) is 23.6 Å². The number of aliphatic hydroxyl groups is 4. The Morgan fingerprint density at radius 1 is 0.350 bits per heavy atom. The molecule has 9 aromatic rings. The molecule has 0 radical (unpaired) electrons. The van der Waals surface area contributed by atoms with Gasteiger partial charge in [0.25, 0.3) is 22.2 Å². The van der Waals surface area contributed by atoms with Crippen molar-refractivity contribution in [2.75, 3.05) is 39.4 Å². The smallest absolute Gasteiger partial charge is 0.411 e. The van der Waals surface area contributed by atoms with Crippen LogP contribution in [0.4, 0.5) is 23.6 Å². The highest BCUT2D eigenvalue weighted by molar-refractivity contribution is 5.74. The first-order valence-electron chi connectivity index (χ1n) is 50.8. The summed E-state index contributed by atoms with van der Waals surface area (Å²) in [6.07, 6.45) is 23.4. The summed E-state index contributed by atoms with van der Waals surface area (Å²) in [5, 5.41) is 42.0. The van der Waals surface area contributed by atoms with E-state index in [1.807, 2.05) is 201 Å². The zero-order valence-corrected chi connectivity index (χ0v) is 84.0. The van der Waals surface area contributed by atoms with E-state index in [-0.39, 0.29) is 88.5 Å². The van der Waals surface area contributed by atoms with Crippen molar-refractivity contribution in [3.05, 3.63) is 270 Å². The van der Waals surface area contributed by atoms with Gasteiger partial charge >= 0.3 is 24.4 Å². The fourth-order valence-corrected chi connectivity index (χ4v) is 21.9. The Kier molecular flexibility index (Phi) is 29.7. The number of hydrogen-bond acceptors (Lipinski definition) is 17. The maximum atomic E-state index is 14.8. The molecule has 9 heterocycles. The number of benzene rings is 5. The Balaban J connectivity index is 0.000000135. The van der Waals surface area contributed by atoms with Crippen molar-refractivity contribution in [2.45, 2.75) is 325 Å². The standard InChI is InChI=1S/C30H33FN2O4.C29H38N2O5.C28H36N2O4.C27H36N2O4/c1-20(21-8-10-22(11-9-21)23-14-16-33(24-12-13-24)27(34)18-23)32-17-15-30(37-28(32)35,19-29(2,3)36)25-6-4-5-7-26(25)31;1-20(21-4-6-22(7-5-21)23-10-14-31(25-8-9-25)26(32)18-23)30-15-13-29(36-27(30)33,19-28(2,3)34)24-11-16-35-17-12-24;1-19(29-15-13-28(34-26(29)32,17-20-4-5-20)18-27(2,3)33)21-6-8-22(9-7-21)23-12-14-30(24-10-11-24)25(31)16-23;1-18(2)27(17-26(4,5)32)13-15-28(25(31)33-27)19(3)20-6-8-21(9-7-20)22-12-14-29(23-10-11-23)24(30)16-22/h4-11,14,16,18,20,24,36H,12-13,15,17,19H2,1-3H3;4-7,10,14,18,20,24-25,34H,8-9,11-13,15-17,19H2,1-3H3;6-9,12,14,16,19-20,24,33H,4-5,10-11,13,15,17-18H2,1-3H3;6-9,12,14,16,18-19,23,32H,10-11,13,15,17H2,1-5H3/t20-,30-;20-,29?;19-,28+;19-,27-/m0000/s1. The Morgan fingerprint density at radius 2 is 0.679 bits per heavy atom. The molecule has 748 valence electrons. The third-order valence-electron chi connectivity index (χ3n) is 30.2. The van der Waals surface area contributed by atoms with Crippen LogP contribution in [0.1, 0.15) is 308 Å². The molecule has 4 amide bonds. The fraction of sp³-hybridized carbons (Fsp3) is 0.526. The van der Waals surface area contributed by atoms with Gasteiger partial charge in [-0.05, 0) is 263 Å². The van der Waals surface area contributed by atoms with Crippen molar-refractivity contribution in [3.8, 4) is 44.5 Å². The van der Waals surface area contributed by atoms with Gasteiger partial charge < -0.3 is 82.0 Å². The number of ether oxygens (including phenoxy) is 5. The largest absolute Gasteiger partial charge is 0.443 e. The van der Waals surface area contributed by atoms with Gasteiger partial charge in [0.1, 0.15) is 28.2 Å². The Labute approximate surface area is 821 Å². The molecular formula is C114H143FN8O17. The zero-order valence-electron chi connectivity index (χ0n) is 84.0. The maximum Gasteiger partial charge on any atom is 0.411 e. The van der Waals surface area contributed by atoms with Gasteiger partial charge in [-0.15, -0.1) is 0 Å². The molecule has 4 N–H and O–H groups in total. The number of carbonyl (C=O) groups excluding carboxylic acids is 4. The second kappa shape index (κ2) is 41.0. The van der Waals surface area contributed by atoms with Gasteiger partial charge in [-0.2, -0.15) is 0 Å². The Bertz CT molecular complexity index is 6160. The van der Waals surface area contributed by atoms with E-state index in [2.05, 4.69) is 0 Å². The van der Waals surface area contributed by atoms with Crippen molar-refractivity contribution in [1.29, 1.82) is 0 Å². The third-order valence-corrected chi connectivity index (χ3v) is 30.2. The minimum absolute atomic E-state index is 0.0119. The molecule has 5 saturated carbocycles. The molecule has 5 aromatic carbocycles. The molecule has 10 aliphatic rings. The summed E-state index contributed by atoms with van der Waals surface area (Å²) in [7, 11) is 0. The van der Waals surface area contributed by atoms with Crippen LogP contribution in [0.3, 0.4) is 0 Å². The summed E-state index contributed by atoms with van der Waals surface area (Å²) < 4.78 is 51.9. The molecule has 19 rings (SSSR count). The number of cyclic esters (lactones) is 4. The fourth-order valence-electron chi connectivity index (χ4n) is 21.9. The summed E-state index contributed by atoms with van der Waals surface area (Å²) in [4.78, 5) is 109. The molecule has 4 aromatic heterocycles. The molecule has 5 aliphatic carbocycles. The highest BCUT2D eigenvalue weighted by Gasteiger charge is 2.54. The average Bonchev–Trinajstić information content (AvgIpc) is 1.35. The van der Waals surface area contributed by atoms with E-state index in [1.165, 1.54) is 18.9 Å². The van der Waals surface area contributed by atoms with Gasteiger partial charge in [0.05, 0.1) is 46.6 Å². The molecular weight excluding hydrogens is 1770 g/mol. The number of aromatic nitrogens is 4. The summed E-state index contributed by atoms with van der Waals surface area (Å²) in [5.41, 5.74) is 4.87. The van der Waals surface area contributed by atoms with E-state index < -0.39 is 56.7 Å². The molecule has 25 nitrogen and oxygen atoms in total. The van der Waals surface area contributed by atoms with Gasteiger partial charge in [0.2, 0.25) is 0 Å². The Morgan fingerprint density at radius 3 is 0.986 bits per heavy atom. The number of carbonyl (C=O) groups is 4. The number of hydrogen-bond donors (Lipinski definition) is 4. The van der Waals surface area contributed by atoms with Crippen LogP contribution in [0.15, 0.2) is 214 Å². The first kappa shape index (κ1) is 102. The average molecular weight is 1920 g/mol. The van der Waals surface area contributed by atoms with Gasteiger partial charge in [-0.1, -0.05) is 142 Å². The van der Waals surface area contributed by atoms with Crippen molar-refractivity contribution in [3.63, 3.8) is 0 Å². The highest BCUT2D eigenvalue weighted by atomic mass is 19.1. The van der Waals surface area contributed by atoms with Crippen LogP contribution in [0.25, 0.3) is 44.5 Å². The van der Waals surface area contributed by atoms with E-state index in [0.717, 1.165) is 144 Å². The first-order valence-corrected chi connectivity index (χ1v) is 50.8. The van der Waals surface area contributed by atoms with E-state index in [1.54, 1.807) is 122 Å². The van der Waals surface area contributed by atoms with Crippen molar-refractivity contribution >= 4 is 24.4 Å². The molecule has 5 saturated heterocycles. The maximum absolute atomic E-state index is 14.8. The normalized spacial score (nSPS) is 23.0. The monoisotopic (exact) mass is 1920 g/mol. The van der Waals surface area contributed by atoms with Gasteiger partial charge in [-0.3, -0.25) is 19.2 Å². The van der Waals surface area contributed by atoms with Gasteiger partial charge in [-0.25, -0.2) is 23.6 Å². The Hall–Kier alpha value is -11.3. The van der Waals surface area contributed by atoms with Crippen LogP contribution in [-0.2, 0) is 29.3 Å². The second-order valence-corrected chi connectivity index (χ2v) is 44.4. The quantitative estimate of drug-likeness (QED) is 0.0317. The predicted molar refractivity (Wildman–Crippen MR) is 538 cm³/mol. The first-order chi connectivity index (χ1) is 66.3. The van der Waals surface area contributed by atoms with Crippen LogP contribution >= 0.6 is 0 Å². The van der Waals surface area contributed by atoms with Gasteiger partial charge in [0, 0.05) is 175 Å². The molecule has 0 spiro atoms.